The van der Waals surface area contributed by atoms with Gasteiger partial charge in [0.15, 0.2) is 0 Å². The van der Waals surface area contributed by atoms with Gasteiger partial charge >= 0.3 is 0 Å². The van der Waals surface area contributed by atoms with E-state index in [1.54, 1.807) is 0 Å². The highest BCUT2D eigenvalue weighted by Crippen LogP contribution is 2.12. The fourth-order valence-electron chi connectivity index (χ4n) is 1.82. The molecule has 2 heteroatoms. The average Bonchev–Trinajstić information content (AvgIpc) is 2.40. The number of benzene rings is 2. The summed E-state index contributed by atoms with van der Waals surface area (Å²) in [7, 11) is 0. The zero-order valence-corrected chi connectivity index (χ0v) is 11.5. The van der Waals surface area contributed by atoms with Crippen LogP contribution in [0.5, 0.6) is 0 Å². The summed E-state index contributed by atoms with van der Waals surface area (Å²) in [6.07, 6.45) is 0. The lowest BCUT2D eigenvalue weighted by Crippen LogP contribution is -2.35. The lowest BCUT2D eigenvalue weighted by Gasteiger charge is -2.16. The molecule has 2 nitrogen and oxygen atoms in total. The van der Waals surface area contributed by atoms with E-state index in [0.717, 1.165) is 16.8 Å². The summed E-state index contributed by atoms with van der Waals surface area (Å²) in [6, 6.07) is 20.5. The Balaban J connectivity index is 2.40. The van der Waals surface area contributed by atoms with Gasteiger partial charge in [0.05, 0.1) is 12.3 Å². The summed E-state index contributed by atoms with van der Waals surface area (Å²) in [6.45, 7) is 4.58. The van der Waals surface area contributed by atoms with Crippen LogP contribution in [0.1, 0.15) is 25.0 Å². The van der Waals surface area contributed by atoms with Gasteiger partial charge in [-0.1, -0.05) is 60.7 Å². The Kier molecular flexibility index (Phi) is 4.13. The number of hydrogen-bond donors (Lipinski definition) is 1. The van der Waals surface area contributed by atoms with E-state index in [2.05, 4.69) is 24.3 Å². The number of nitrogens with two attached hydrogens (primary N) is 1. The third-order valence-corrected chi connectivity index (χ3v) is 2.74. The minimum atomic E-state index is -0.297. The SMILES string of the molecule is CC(C)(N)CN=C(c1ccccc1)c1ccccc1. The maximum Gasteiger partial charge on any atom is 0.0719 e. The Labute approximate surface area is 115 Å². The van der Waals surface area contributed by atoms with Gasteiger partial charge in [-0.25, -0.2) is 0 Å². The molecule has 2 aromatic rings. The molecule has 0 aliphatic rings. The normalized spacial score (nSPS) is 11.1. The first-order valence-corrected chi connectivity index (χ1v) is 6.50. The summed E-state index contributed by atoms with van der Waals surface area (Å²) in [4.78, 5) is 4.73. The number of hydrogen-bond acceptors (Lipinski definition) is 2. The van der Waals surface area contributed by atoms with Gasteiger partial charge in [0.25, 0.3) is 0 Å². The Morgan fingerprint density at radius 3 is 1.68 bits per heavy atom. The van der Waals surface area contributed by atoms with Crippen LogP contribution in [-0.4, -0.2) is 17.8 Å². The topological polar surface area (TPSA) is 38.4 Å². The molecule has 0 amide bonds. The van der Waals surface area contributed by atoms with Gasteiger partial charge < -0.3 is 5.73 Å². The first kappa shape index (κ1) is 13.5. The van der Waals surface area contributed by atoms with Crippen molar-refractivity contribution in [3.63, 3.8) is 0 Å². The molecular weight excluding hydrogens is 232 g/mol. The molecule has 0 aliphatic carbocycles. The average molecular weight is 252 g/mol. The molecule has 19 heavy (non-hydrogen) atoms. The van der Waals surface area contributed by atoms with E-state index in [1.165, 1.54) is 0 Å². The van der Waals surface area contributed by atoms with Crippen molar-refractivity contribution in [2.45, 2.75) is 19.4 Å². The molecule has 0 bridgehead atoms. The van der Waals surface area contributed by atoms with Crippen molar-refractivity contribution in [3.05, 3.63) is 71.8 Å². The predicted octanol–water partition coefficient (Wildman–Crippen LogP) is 3.26. The molecule has 0 saturated heterocycles. The highest BCUT2D eigenvalue weighted by molar-refractivity contribution is 6.12. The lowest BCUT2D eigenvalue weighted by atomic mass is 10.0. The van der Waals surface area contributed by atoms with Crippen LogP contribution in [0.15, 0.2) is 65.7 Å². The summed E-state index contributed by atoms with van der Waals surface area (Å²) in [5.74, 6) is 0. The molecule has 0 saturated carbocycles. The van der Waals surface area contributed by atoms with Crippen LogP contribution in [0.2, 0.25) is 0 Å². The van der Waals surface area contributed by atoms with E-state index in [0.29, 0.717) is 6.54 Å². The largest absolute Gasteiger partial charge is 0.324 e. The van der Waals surface area contributed by atoms with Gasteiger partial charge in [0, 0.05) is 16.7 Å². The second kappa shape index (κ2) is 5.81. The molecule has 0 fully saturated rings. The Morgan fingerprint density at radius 2 is 1.32 bits per heavy atom. The molecule has 2 rings (SSSR count). The van der Waals surface area contributed by atoms with Crippen molar-refractivity contribution >= 4 is 5.71 Å². The van der Waals surface area contributed by atoms with Crippen molar-refractivity contribution in [1.82, 2.24) is 0 Å². The summed E-state index contributed by atoms with van der Waals surface area (Å²) < 4.78 is 0. The molecule has 0 radical (unpaired) electrons. The van der Waals surface area contributed by atoms with Gasteiger partial charge in [0.1, 0.15) is 0 Å². The molecule has 2 aromatic carbocycles. The lowest BCUT2D eigenvalue weighted by molar-refractivity contribution is 0.534. The van der Waals surface area contributed by atoms with Crippen LogP contribution < -0.4 is 5.73 Å². The monoisotopic (exact) mass is 252 g/mol. The standard InChI is InChI=1S/C17H20N2/c1-17(2,18)13-19-16(14-9-5-3-6-10-14)15-11-7-4-8-12-15/h3-12H,13,18H2,1-2H3. The van der Waals surface area contributed by atoms with E-state index >= 15 is 0 Å². The van der Waals surface area contributed by atoms with Crippen LogP contribution in [0.25, 0.3) is 0 Å². The van der Waals surface area contributed by atoms with Crippen LogP contribution in [0.3, 0.4) is 0 Å². The molecule has 0 heterocycles. The van der Waals surface area contributed by atoms with Gasteiger partial charge in [-0.2, -0.15) is 0 Å². The predicted molar refractivity (Wildman–Crippen MR) is 81.7 cm³/mol. The van der Waals surface area contributed by atoms with Crippen molar-refractivity contribution in [3.8, 4) is 0 Å². The van der Waals surface area contributed by atoms with E-state index in [9.17, 15) is 0 Å². The molecular formula is C17H20N2. The molecule has 0 aliphatic heterocycles. The summed E-state index contributed by atoms with van der Waals surface area (Å²) in [5.41, 5.74) is 8.98. The van der Waals surface area contributed by atoms with E-state index in [1.807, 2.05) is 50.2 Å². The van der Waals surface area contributed by atoms with Crippen LogP contribution >= 0.6 is 0 Å². The van der Waals surface area contributed by atoms with Crippen molar-refractivity contribution in [1.29, 1.82) is 0 Å². The van der Waals surface area contributed by atoms with Crippen molar-refractivity contribution in [2.75, 3.05) is 6.54 Å². The molecule has 98 valence electrons. The number of nitrogens with zero attached hydrogens (tertiary/aromatic N) is 1. The highest BCUT2D eigenvalue weighted by atomic mass is 14.8. The zero-order chi connectivity index (χ0) is 13.7. The molecule has 0 spiro atoms. The molecule has 0 aromatic heterocycles. The molecule has 0 unspecified atom stereocenters. The number of aliphatic imine (C=N–C) groups is 1. The van der Waals surface area contributed by atoms with Gasteiger partial charge in [-0.05, 0) is 13.8 Å². The third-order valence-electron chi connectivity index (χ3n) is 2.74. The quantitative estimate of drug-likeness (QED) is 0.833. The maximum atomic E-state index is 6.03. The maximum absolute atomic E-state index is 6.03. The zero-order valence-electron chi connectivity index (χ0n) is 11.5. The first-order chi connectivity index (χ1) is 9.06. The van der Waals surface area contributed by atoms with E-state index in [4.69, 9.17) is 10.7 Å². The Morgan fingerprint density at radius 1 is 0.895 bits per heavy atom. The fraction of sp³-hybridized carbons (Fsp3) is 0.235. The highest BCUT2D eigenvalue weighted by Gasteiger charge is 2.12. The second-order valence-corrected chi connectivity index (χ2v) is 5.39. The van der Waals surface area contributed by atoms with Crippen LogP contribution in [-0.2, 0) is 0 Å². The van der Waals surface area contributed by atoms with Crippen molar-refractivity contribution in [2.24, 2.45) is 10.7 Å². The summed E-state index contributed by atoms with van der Waals surface area (Å²) >= 11 is 0. The first-order valence-electron chi connectivity index (χ1n) is 6.50. The van der Waals surface area contributed by atoms with Gasteiger partial charge in [0.2, 0.25) is 0 Å². The fourth-order valence-corrected chi connectivity index (χ4v) is 1.82. The molecule has 0 atom stereocenters. The Bertz CT molecular complexity index is 495. The van der Waals surface area contributed by atoms with E-state index in [-0.39, 0.29) is 5.54 Å². The van der Waals surface area contributed by atoms with Gasteiger partial charge in [-0.3, -0.25) is 4.99 Å². The smallest absolute Gasteiger partial charge is 0.0719 e. The minimum absolute atomic E-state index is 0.297. The van der Waals surface area contributed by atoms with Gasteiger partial charge in [-0.15, -0.1) is 0 Å². The van der Waals surface area contributed by atoms with Crippen LogP contribution in [0, 0.1) is 0 Å². The van der Waals surface area contributed by atoms with Crippen molar-refractivity contribution < 1.29 is 0 Å². The minimum Gasteiger partial charge on any atom is -0.324 e. The third kappa shape index (κ3) is 4.04. The summed E-state index contributed by atoms with van der Waals surface area (Å²) in [5, 5.41) is 0. The van der Waals surface area contributed by atoms with Crippen LogP contribution in [0.4, 0.5) is 0 Å². The molecule has 2 N–H and O–H groups in total. The van der Waals surface area contributed by atoms with E-state index < -0.39 is 0 Å². The Hall–Kier alpha value is -1.93. The second-order valence-electron chi connectivity index (χ2n) is 5.39. The number of rotatable bonds is 4.